The largest absolute Gasteiger partial charge is 0.370 e. The molecule has 1 aromatic rings. The topological polar surface area (TPSA) is 55.6 Å². The monoisotopic (exact) mass is 378 g/mol. The second-order valence-corrected chi connectivity index (χ2v) is 6.90. The number of halogens is 3. The third-order valence-electron chi connectivity index (χ3n) is 4.52. The zero-order valence-electron chi connectivity index (χ0n) is 12.7. The quantitative estimate of drug-likeness (QED) is 0.856. The van der Waals surface area contributed by atoms with Crippen LogP contribution in [0.2, 0.25) is 10.0 Å². The van der Waals surface area contributed by atoms with Crippen molar-refractivity contribution in [2.45, 2.75) is 31.4 Å². The van der Waals surface area contributed by atoms with E-state index in [4.69, 9.17) is 33.7 Å². The van der Waals surface area contributed by atoms with Gasteiger partial charge in [-0.1, -0.05) is 29.3 Å². The van der Waals surface area contributed by atoms with Gasteiger partial charge in [-0.05, 0) is 37.0 Å². The van der Waals surface area contributed by atoms with E-state index >= 15 is 0 Å². The Morgan fingerprint density at radius 2 is 2.04 bits per heavy atom. The fourth-order valence-electron chi connectivity index (χ4n) is 3.26. The Hall–Kier alpha value is -0.520. The summed E-state index contributed by atoms with van der Waals surface area (Å²) < 4.78 is 5.80. The maximum absolute atomic E-state index is 12.6. The predicted octanol–water partition coefficient (Wildman–Crippen LogP) is 3.44. The first-order valence-corrected chi connectivity index (χ1v) is 8.41. The van der Waals surface area contributed by atoms with Crippen molar-refractivity contribution in [3.63, 3.8) is 0 Å². The number of nitrogens with zero attached hydrogens (tertiary/aromatic N) is 1. The molecule has 2 fully saturated rings. The standard InChI is InChI=1S/C16H20Cl2N2O2.ClH/c17-13-4-2-10(8-14(13)18)15-9-20(5-6-22-15)16(21)11-1-3-12(19)7-11;/h2,4,8,11-12,15H,1,3,5-7,9,19H2;1H. The van der Waals surface area contributed by atoms with E-state index in [0.717, 1.165) is 24.8 Å². The molecule has 1 aromatic carbocycles. The highest BCUT2D eigenvalue weighted by atomic mass is 35.5. The van der Waals surface area contributed by atoms with E-state index < -0.39 is 0 Å². The van der Waals surface area contributed by atoms with E-state index in [1.54, 1.807) is 6.07 Å². The normalized spacial score (nSPS) is 27.6. The molecule has 4 nitrogen and oxygen atoms in total. The Balaban J connectivity index is 0.00000192. The molecule has 7 heteroatoms. The van der Waals surface area contributed by atoms with Crippen LogP contribution in [0.4, 0.5) is 0 Å². The molecular formula is C16H21Cl3N2O2. The summed E-state index contributed by atoms with van der Waals surface area (Å²) in [6.07, 6.45) is 2.49. The number of morpholine rings is 1. The Labute approximate surface area is 152 Å². The average Bonchev–Trinajstić information content (AvgIpc) is 2.96. The van der Waals surface area contributed by atoms with E-state index in [9.17, 15) is 4.79 Å². The Morgan fingerprint density at radius 3 is 2.70 bits per heavy atom. The highest BCUT2D eigenvalue weighted by molar-refractivity contribution is 6.42. The molecule has 0 radical (unpaired) electrons. The van der Waals surface area contributed by atoms with Gasteiger partial charge in [-0.3, -0.25) is 4.79 Å². The minimum Gasteiger partial charge on any atom is -0.370 e. The molecule has 0 aromatic heterocycles. The minimum absolute atomic E-state index is 0. The van der Waals surface area contributed by atoms with E-state index in [1.807, 2.05) is 17.0 Å². The number of amides is 1. The molecule has 3 atom stereocenters. The second-order valence-electron chi connectivity index (χ2n) is 6.09. The summed E-state index contributed by atoms with van der Waals surface area (Å²) in [7, 11) is 0. The molecule has 1 heterocycles. The van der Waals surface area contributed by atoms with Crippen molar-refractivity contribution < 1.29 is 9.53 Å². The van der Waals surface area contributed by atoms with Crippen molar-refractivity contribution >= 4 is 41.5 Å². The minimum atomic E-state index is -0.150. The van der Waals surface area contributed by atoms with Gasteiger partial charge in [0.1, 0.15) is 6.10 Å². The van der Waals surface area contributed by atoms with Crippen molar-refractivity contribution in [3.05, 3.63) is 33.8 Å². The first-order valence-electron chi connectivity index (χ1n) is 7.65. The van der Waals surface area contributed by atoms with Gasteiger partial charge >= 0.3 is 0 Å². The van der Waals surface area contributed by atoms with Gasteiger partial charge in [-0.15, -0.1) is 12.4 Å². The summed E-state index contributed by atoms with van der Waals surface area (Å²) in [6.45, 7) is 1.74. The number of benzene rings is 1. The lowest BCUT2D eigenvalue weighted by Gasteiger charge is -2.34. The molecule has 128 valence electrons. The summed E-state index contributed by atoms with van der Waals surface area (Å²) in [5, 5.41) is 1.03. The van der Waals surface area contributed by atoms with Gasteiger partial charge in [-0.2, -0.15) is 0 Å². The van der Waals surface area contributed by atoms with Gasteiger partial charge < -0.3 is 15.4 Å². The van der Waals surface area contributed by atoms with Crippen LogP contribution in [0, 0.1) is 5.92 Å². The van der Waals surface area contributed by atoms with Crippen LogP contribution < -0.4 is 5.73 Å². The maximum Gasteiger partial charge on any atom is 0.225 e. The third kappa shape index (κ3) is 4.31. The van der Waals surface area contributed by atoms with Crippen molar-refractivity contribution in [2.75, 3.05) is 19.7 Å². The summed E-state index contributed by atoms with van der Waals surface area (Å²) in [5.74, 6) is 0.281. The number of hydrogen-bond acceptors (Lipinski definition) is 3. The first kappa shape index (κ1) is 18.8. The number of ether oxygens (including phenoxy) is 1. The van der Waals surface area contributed by atoms with Crippen LogP contribution in [0.5, 0.6) is 0 Å². The highest BCUT2D eigenvalue weighted by Gasteiger charge is 2.33. The molecular weight excluding hydrogens is 359 g/mol. The molecule has 3 rings (SSSR count). The van der Waals surface area contributed by atoms with Gasteiger partial charge in [0.25, 0.3) is 0 Å². The van der Waals surface area contributed by atoms with Crippen molar-refractivity contribution in [2.24, 2.45) is 11.7 Å². The number of rotatable bonds is 2. The van der Waals surface area contributed by atoms with Crippen LogP contribution in [0.3, 0.4) is 0 Å². The fourth-order valence-corrected chi connectivity index (χ4v) is 3.57. The number of nitrogens with two attached hydrogens (primary N) is 1. The van der Waals surface area contributed by atoms with E-state index in [-0.39, 0.29) is 36.4 Å². The second kappa shape index (κ2) is 8.04. The van der Waals surface area contributed by atoms with Crippen LogP contribution in [0.15, 0.2) is 18.2 Å². The molecule has 23 heavy (non-hydrogen) atoms. The summed E-state index contributed by atoms with van der Waals surface area (Å²) in [4.78, 5) is 14.5. The Bertz CT molecular complexity index is 570. The number of carbonyl (C=O) groups excluding carboxylic acids is 1. The van der Waals surface area contributed by atoms with E-state index in [0.29, 0.717) is 29.7 Å². The van der Waals surface area contributed by atoms with Gasteiger partial charge in [0.05, 0.1) is 23.2 Å². The van der Waals surface area contributed by atoms with E-state index in [2.05, 4.69) is 0 Å². The number of carbonyl (C=O) groups is 1. The molecule has 1 aliphatic carbocycles. The van der Waals surface area contributed by atoms with Crippen LogP contribution in [0.1, 0.15) is 30.9 Å². The lowest BCUT2D eigenvalue weighted by atomic mass is 10.0. The number of hydrogen-bond donors (Lipinski definition) is 1. The fraction of sp³-hybridized carbons (Fsp3) is 0.562. The van der Waals surface area contributed by atoms with Gasteiger partial charge in [0, 0.05) is 18.5 Å². The Morgan fingerprint density at radius 1 is 1.26 bits per heavy atom. The zero-order chi connectivity index (χ0) is 15.7. The zero-order valence-corrected chi connectivity index (χ0v) is 15.0. The van der Waals surface area contributed by atoms with Crippen molar-refractivity contribution in [3.8, 4) is 0 Å². The van der Waals surface area contributed by atoms with Crippen LogP contribution >= 0.6 is 35.6 Å². The van der Waals surface area contributed by atoms with E-state index in [1.165, 1.54) is 0 Å². The molecule has 1 saturated carbocycles. The molecule has 0 spiro atoms. The lowest BCUT2D eigenvalue weighted by Crippen LogP contribution is -2.44. The average molecular weight is 380 g/mol. The third-order valence-corrected chi connectivity index (χ3v) is 5.26. The lowest BCUT2D eigenvalue weighted by molar-refractivity contribution is -0.143. The highest BCUT2D eigenvalue weighted by Crippen LogP contribution is 2.31. The summed E-state index contributed by atoms with van der Waals surface area (Å²) >= 11 is 12.0. The predicted molar refractivity (Wildman–Crippen MR) is 94.3 cm³/mol. The van der Waals surface area contributed by atoms with Crippen molar-refractivity contribution in [1.82, 2.24) is 4.90 Å². The molecule has 1 saturated heterocycles. The molecule has 2 aliphatic rings. The molecule has 3 unspecified atom stereocenters. The summed E-state index contributed by atoms with van der Waals surface area (Å²) in [6, 6.07) is 5.65. The Kier molecular flexibility index (Phi) is 6.57. The van der Waals surface area contributed by atoms with Crippen LogP contribution in [-0.4, -0.2) is 36.5 Å². The first-order chi connectivity index (χ1) is 10.5. The molecule has 1 amide bonds. The van der Waals surface area contributed by atoms with Crippen LogP contribution in [0.25, 0.3) is 0 Å². The molecule has 2 N–H and O–H groups in total. The molecule has 0 bridgehead atoms. The van der Waals surface area contributed by atoms with Crippen LogP contribution in [-0.2, 0) is 9.53 Å². The van der Waals surface area contributed by atoms with Gasteiger partial charge in [-0.25, -0.2) is 0 Å². The molecule has 1 aliphatic heterocycles. The maximum atomic E-state index is 12.6. The summed E-state index contributed by atoms with van der Waals surface area (Å²) in [5.41, 5.74) is 6.87. The van der Waals surface area contributed by atoms with Crippen molar-refractivity contribution in [1.29, 1.82) is 0 Å². The van der Waals surface area contributed by atoms with Gasteiger partial charge in [0.2, 0.25) is 5.91 Å². The van der Waals surface area contributed by atoms with Gasteiger partial charge in [0.15, 0.2) is 0 Å². The smallest absolute Gasteiger partial charge is 0.225 e. The SMILES string of the molecule is Cl.NC1CCC(C(=O)N2CCOC(c3ccc(Cl)c(Cl)c3)C2)C1.